The van der Waals surface area contributed by atoms with Gasteiger partial charge in [0.1, 0.15) is 17.4 Å². The second-order valence-electron chi connectivity index (χ2n) is 8.34. The molecule has 0 radical (unpaired) electrons. The van der Waals surface area contributed by atoms with Crippen molar-refractivity contribution in [3.63, 3.8) is 0 Å². The van der Waals surface area contributed by atoms with Crippen molar-refractivity contribution in [3.8, 4) is 0 Å². The third-order valence-electron chi connectivity index (χ3n) is 5.79. The van der Waals surface area contributed by atoms with Crippen molar-refractivity contribution < 1.29 is 23.6 Å². The number of nitrogens with zero attached hydrogens (tertiary/aromatic N) is 3. The molecular weight excluding hydrogens is 467 g/mol. The minimum Gasteiger partial charge on any atom is -0.370 e. The number of amides is 4. The normalized spacial score (nSPS) is 15.9. The van der Waals surface area contributed by atoms with Crippen molar-refractivity contribution in [1.82, 2.24) is 25.1 Å². The number of aromatic nitrogens is 2. The van der Waals surface area contributed by atoms with Crippen LogP contribution >= 0.6 is 11.6 Å². The van der Waals surface area contributed by atoms with Crippen LogP contribution in [-0.2, 0) is 14.4 Å². The van der Waals surface area contributed by atoms with Crippen LogP contribution in [0.4, 0.5) is 4.39 Å². The second-order valence-corrected chi connectivity index (χ2v) is 8.72. The highest BCUT2D eigenvalue weighted by atomic mass is 35.5. The van der Waals surface area contributed by atoms with Crippen LogP contribution in [-0.4, -0.2) is 56.2 Å². The summed E-state index contributed by atoms with van der Waals surface area (Å²) in [5.41, 5.74) is 5.68. The topological polar surface area (TPSA) is 139 Å². The standard InChI is InChI=1S/C22H28ClFN6O4/c23-19(24)22(34)30(11-9-17(25)31)28-21(33)15(12-14-6-2-1-3-7-14)27-20(32)16-13-29-10-5-4-8-18(29)26-16/h4-5,8,10,13-15,19H,1-3,6-7,9,11-12H2,(H2,25,31)(H,27,32)(H,28,33)/t15-,19?/m0/s1. The molecule has 184 valence electrons. The Bertz CT molecular complexity index is 1010. The summed E-state index contributed by atoms with van der Waals surface area (Å²) in [6, 6.07) is 4.31. The predicted molar refractivity (Wildman–Crippen MR) is 122 cm³/mol. The highest BCUT2D eigenvalue weighted by molar-refractivity contribution is 6.29. The SMILES string of the molecule is NC(=O)CCN(NC(=O)[C@H](CC1CCCCC1)NC(=O)c1cn2ccccc2n1)C(=O)C(F)Cl. The van der Waals surface area contributed by atoms with Gasteiger partial charge in [0, 0.05) is 18.8 Å². The Balaban J connectivity index is 1.76. The monoisotopic (exact) mass is 494 g/mol. The van der Waals surface area contributed by atoms with Gasteiger partial charge in [0.2, 0.25) is 5.91 Å². The Morgan fingerprint density at radius 1 is 1.24 bits per heavy atom. The van der Waals surface area contributed by atoms with E-state index in [-0.39, 0.29) is 24.6 Å². The fraction of sp³-hybridized carbons (Fsp3) is 0.500. The van der Waals surface area contributed by atoms with Crippen molar-refractivity contribution in [2.45, 2.75) is 56.6 Å². The molecule has 4 N–H and O–H groups in total. The van der Waals surface area contributed by atoms with E-state index in [4.69, 9.17) is 17.3 Å². The summed E-state index contributed by atoms with van der Waals surface area (Å²) in [6.45, 7) is -0.358. The van der Waals surface area contributed by atoms with Crippen LogP contribution in [0.25, 0.3) is 5.65 Å². The van der Waals surface area contributed by atoms with Gasteiger partial charge in [-0.15, -0.1) is 0 Å². The molecular formula is C22H28ClFN6O4. The van der Waals surface area contributed by atoms with E-state index in [0.29, 0.717) is 17.1 Å². The number of hydrogen-bond donors (Lipinski definition) is 3. The number of nitrogens with two attached hydrogens (primary N) is 1. The fourth-order valence-electron chi connectivity index (χ4n) is 4.04. The van der Waals surface area contributed by atoms with Crippen LogP contribution in [0, 0.1) is 5.92 Å². The summed E-state index contributed by atoms with van der Waals surface area (Å²) in [4.78, 5) is 53.5. The van der Waals surface area contributed by atoms with Gasteiger partial charge in [0.05, 0.1) is 6.54 Å². The number of pyridine rings is 1. The number of carbonyl (C=O) groups is 4. The van der Waals surface area contributed by atoms with E-state index in [1.807, 2.05) is 0 Å². The van der Waals surface area contributed by atoms with Crippen molar-refractivity contribution >= 4 is 40.9 Å². The maximum absolute atomic E-state index is 13.5. The van der Waals surface area contributed by atoms with E-state index in [0.717, 1.165) is 32.1 Å². The molecule has 4 amide bonds. The molecule has 1 aliphatic carbocycles. The van der Waals surface area contributed by atoms with Gasteiger partial charge >= 0.3 is 0 Å². The summed E-state index contributed by atoms with van der Waals surface area (Å²) in [7, 11) is 0. The summed E-state index contributed by atoms with van der Waals surface area (Å²) < 4.78 is 15.1. The Kier molecular flexibility index (Phi) is 8.80. The zero-order valence-corrected chi connectivity index (χ0v) is 19.3. The molecule has 0 spiro atoms. The molecule has 1 fully saturated rings. The maximum atomic E-state index is 13.5. The number of primary amides is 1. The molecule has 2 heterocycles. The molecule has 2 atom stereocenters. The Morgan fingerprint density at radius 2 is 1.97 bits per heavy atom. The van der Waals surface area contributed by atoms with E-state index < -0.39 is 35.3 Å². The quantitative estimate of drug-likeness (QED) is 0.359. The maximum Gasteiger partial charge on any atom is 0.291 e. The van der Waals surface area contributed by atoms with Gasteiger partial charge < -0.3 is 15.5 Å². The molecule has 2 aromatic rings. The lowest BCUT2D eigenvalue weighted by Gasteiger charge is -2.29. The first kappa shape index (κ1) is 25.4. The predicted octanol–water partition coefficient (Wildman–Crippen LogP) is 1.67. The van der Waals surface area contributed by atoms with Gasteiger partial charge in [-0.3, -0.25) is 24.6 Å². The number of hydrazine groups is 1. The van der Waals surface area contributed by atoms with E-state index in [9.17, 15) is 23.6 Å². The number of halogens is 2. The second kappa shape index (κ2) is 11.8. The van der Waals surface area contributed by atoms with Crippen LogP contribution in [0.5, 0.6) is 0 Å². The van der Waals surface area contributed by atoms with Gasteiger partial charge in [-0.25, -0.2) is 14.4 Å². The number of fused-ring (bicyclic) bond motifs is 1. The van der Waals surface area contributed by atoms with E-state index in [2.05, 4.69) is 15.7 Å². The number of carbonyl (C=O) groups excluding carboxylic acids is 4. The number of imidazole rings is 1. The molecule has 2 aromatic heterocycles. The Morgan fingerprint density at radius 3 is 2.62 bits per heavy atom. The minimum atomic E-state index is -2.42. The summed E-state index contributed by atoms with van der Waals surface area (Å²) in [5.74, 6) is -3.06. The first-order valence-corrected chi connectivity index (χ1v) is 11.6. The highest BCUT2D eigenvalue weighted by Crippen LogP contribution is 2.27. The van der Waals surface area contributed by atoms with Crippen molar-refractivity contribution in [3.05, 3.63) is 36.3 Å². The molecule has 12 heteroatoms. The summed E-state index contributed by atoms with van der Waals surface area (Å²) in [6.07, 6.45) is 8.30. The Hall–Kier alpha value is -3.21. The van der Waals surface area contributed by atoms with Crippen LogP contribution in [0.1, 0.15) is 55.4 Å². The zero-order valence-electron chi connectivity index (χ0n) is 18.6. The molecule has 3 rings (SSSR count). The molecule has 1 saturated carbocycles. The summed E-state index contributed by atoms with van der Waals surface area (Å²) in [5, 5.41) is 3.32. The van der Waals surface area contributed by atoms with Crippen molar-refractivity contribution in [1.29, 1.82) is 0 Å². The molecule has 34 heavy (non-hydrogen) atoms. The number of hydrogen-bond acceptors (Lipinski definition) is 5. The molecule has 0 aliphatic heterocycles. The summed E-state index contributed by atoms with van der Waals surface area (Å²) >= 11 is 5.25. The first-order valence-electron chi connectivity index (χ1n) is 11.2. The average Bonchev–Trinajstić information content (AvgIpc) is 3.25. The van der Waals surface area contributed by atoms with E-state index in [1.54, 1.807) is 35.0 Å². The molecule has 1 unspecified atom stereocenters. The van der Waals surface area contributed by atoms with Crippen LogP contribution in [0.2, 0.25) is 0 Å². The minimum absolute atomic E-state index is 0.124. The lowest BCUT2D eigenvalue weighted by atomic mass is 9.84. The number of nitrogens with one attached hydrogen (secondary N) is 2. The number of alkyl halides is 2. The molecule has 10 nitrogen and oxygen atoms in total. The lowest BCUT2D eigenvalue weighted by molar-refractivity contribution is -0.144. The lowest BCUT2D eigenvalue weighted by Crippen LogP contribution is -2.56. The van der Waals surface area contributed by atoms with E-state index >= 15 is 0 Å². The van der Waals surface area contributed by atoms with Gasteiger partial charge in [0.15, 0.2) is 0 Å². The van der Waals surface area contributed by atoms with Crippen molar-refractivity contribution in [2.24, 2.45) is 11.7 Å². The average molecular weight is 495 g/mol. The number of rotatable bonds is 9. The Labute approximate surface area is 201 Å². The third kappa shape index (κ3) is 6.89. The van der Waals surface area contributed by atoms with Gasteiger partial charge in [-0.2, -0.15) is 0 Å². The van der Waals surface area contributed by atoms with Crippen molar-refractivity contribution in [2.75, 3.05) is 6.54 Å². The van der Waals surface area contributed by atoms with E-state index in [1.165, 1.54) is 0 Å². The fourth-order valence-corrected chi connectivity index (χ4v) is 4.15. The van der Waals surface area contributed by atoms with Gasteiger partial charge in [-0.05, 0) is 24.5 Å². The molecule has 0 saturated heterocycles. The first-order chi connectivity index (χ1) is 16.2. The van der Waals surface area contributed by atoms with Crippen LogP contribution < -0.4 is 16.5 Å². The molecule has 0 bridgehead atoms. The van der Waals surface area contributed by atoms with Crippen LogP contribution in [0.3, 0.4) is 0 Å². The third-order valence-corrected chi connectivity index (χ3v) is 5.98. The van der Waals surface area contributed by atoms with Crippen LogP contribution in [0.15, 0.2) is 30.6 Å². The van der Waals surface area contributed by atoms with Gasteiger partial charge in [-0.1, -0.05) is 49.8 Å². The largest absolute Gasteiger partial charge is 0.370 e. The highest BCUT2D eigenvalue weighted by Gasteiger charge is 2.31. The molecule has 1 aliphatic rings. The molecule has 0 aromatic carbocycles. The zero-order chi connectivity index (χ0) is 24.7. The smallest absolute Gasteiger partial charge is 0.291 e. The van der Waals surface area contributed by atoms with Gasteiger partial charge in [0.25, 0.3) is 23.4 Å².